The Balaban J connectivity index is 2.02. The first kappa shape index (κ1) is 14.4. The Kier molecular flexibility index (Phi) is 3.55. The number of hydrogen-bond donors (Lipinski definition) is 1. The van der Waals surface area contributed by atoms with Gasteiger partial charge in [0.25, 0.3) is 11.6 Å². The van der Waals surface area contributed by atoms with Gasteiger partial charge in [-0.1, -0.05) is 6.07 Å². The molecular formula is C15H9N3O5. The van der Waals surface area contributed by atoms with E-state index in [1.807, 2.05) is 0 Å². The van der Waals surface area contributed by atoms with Crippen LogP contribution in [0.15, 0.2) is 57.9 Å². The lowest BCUT2D eigenvalue weighted by Crippen LogP contribution is -2.21. The van der Waals surface area contributed by atoms with Gasteiger partial charge in [-0.3, -0.25) is 14.9 Å². The molecule has 0 atom stereocenters. The van der Waals surface area contributed by atoms with Gasteiger partial charge in [-0.2, -0.15) is 0 Å². The second kappa shape index (κ2) is 5.68. The Hall–Kier alpha value is -3.55. The molecule has 0 aliphatic heterocycles. The third-order valence-electron chi connectivity index (χ3n) is 3.08. The number of rotatable bonds is 3. The van der Waals surface area contributed by atoms with Crippen LogP contribution in [0.4, 0.5) is 11.5 Å². The Morgan fingerprint density at radius 2 is 2.04 bits per heavy atom. The van der Waals surface area contributed by atoms with Crippen molar-refractivity contribution in [1.29, 1.82) is 0 Å². The molecule has 0 aliphatic rings. The highest BCUT2D eigenvalue weighted by Crippen LogP contribution is 2.20. The van der Waals surface area contributed by atoms with Crippen molar-refractivity contribution in [2.75, 3.05) is 5.32 Å². The first-order chi connectivity index (χ1) is 11.0. The van der Waals surface area contributed by atoms with Crippen molar-refractivity contribution < 1.29 is 14.1 Å². The number of aromatic nitrogens is 1. The van der Waals surface area contributed by atoms with Crippen molar-refractivity contribution >= 4 is 28.4 Å². The summed E-state index contributed by atoms with van der Waals surface area (Å²) in [6, 6.07) is 9.94. The van der Waals surface area contributed by atoms with Gasteiger partial charge in [0.05, 0.1) is 4.92 Å². The van der Waals surface area contributed by atoms with Crippen LogP contribution < -0.4 is 10.9 Å². The van der Waals surface area contributed by atoms with Crippen LogP contribution in [0.2, 0.25) is 0 Å². The summed E-state index contributed by atoms with van der Waals surface area (Å²) in [4.78, 5) is 38.2. The molecule has 8 heteroatoms. The van der Waals surface area contributed by atoms with Crippen molar-refractivity contribution in [2.45, 2.75) is 0 Å². The van der Waals surface area contributed by atoms with E-state index in [0.717, 1.165) is 0 Å². The number of hydrogen-bond acceptors (Lipinski definition) is 6. The smallest absolute Gasteiger partial charge is 0.349 e. The van der Waals surface area contributed by atoms with E-state index >= 15 is 0 Å². The number of nitrogens with zero attached hydrogens (tertiary/aromatic N) is 2. The number of amides is 1. The van der Waals surface area contributed by atoms with Crippen molar-refractivity contribution in [3.05, 3.63) is 74.8 Å². The summed E-state index contributed by atoms with van der Waals surface area (Å²) >= 11 is 0. The highest BCUT2D eigenvalue weighted by atomic mass is 16.6. The fraction of sp³-hybridized carbons (Fsp3) is 0. The topological polar surface area (TPSA) is 115 Å². The predicted octanol–water partition coefficient (Wildman–Crippen LogP) is 2.35. The average molecular weight is 311 g/mol. The maximum atomic E-state index is 12.2. The molecule has 2 heterocycles. The molecule has 1 aromatic carbocycles. The SMILES string of the molecule is O=C(Nc1ccccn1)c1cc2cc([N+](=O)[O-])ccc2oc1=O. The second-order valence-corrected chi connectivity index (χ2v) is 4.60. The number of carbonyl (C=O) groups excluding carboxylic acids is 1. The van der Waals surface area contributed by atoms with Crippen LogP contribution in [0, 0.1) is 10.1 Å². The number of nitrogens with one attached hydrogen (secondary N) is 1. The predicted molar refractivity (Wildman–Crippen MR) is 81.3 cm³/mol. The van der Waals surface area contributed by atoms with E-state index in [0.29, 0.717) is 0 Å². The molecule has 23 heavy (non-hydrogen) atoms. The third kappa shape index (κ3) is 2.91. The lowest BCUT2D eigenvalue weighted by molar-refractivity contribution is -0.384. The molecule has 1 amide bonds. The first-order valence-corrected chi connectivity index (χ1v) is 6.49. The molecule has 1 N–H and O–H groups in total. The molecule has 0 spiro atoms. The fourth-order valence-electron chi connectivity index (χ4n) is 2.00. The maximum Gasteiger partial charge on any atom is 0.349 e. The largest absolute Gasteiger partial charge is 0.422 e. The number of nitro benzene ring substituents is 1. The zero-order chi connectivity index (χ0) is 16.4. The molecule has 0 bridgehead atoms. The summed E-state index contributed by atoms with van der Waals surface area (Å²) in [5, 5.41) is 13.5. The van der Waals surface area contributed by atoms with E-state index in [1.165, 1.54) is 30.5 Å². The molecule has 3 aromatic rings. The molecule has 3 rings (SSSR count). The molecule has 0 unspecified atom stereocenters. The van der Waals surface area contributed by atoms with Gasteiger partial charge >= 0.3 is 5.63 Å². The summed E-state index contributed by atoms with van der Waals surface area (Å²) in [6.45, 7) is 0. The standard InChI is InChI=1S/C15H9N3O5/c19-14(17-13-3-1-2-6-16-13)11-8-9-7-10(18(21)22)4-5-12(9)23-15(11)20/h1-8H,(H,16,17,19). The number of nitro groups is 1. The van der Waals surface area contributed by atoms with Crippen LogP contribution >= 0.6 is 0 Å². The van der Waals surface area contributed by atoms with Gasteiger partial charge in [0.2, 0.25) is 0 Å². The van der Waals surface area contributed by atoms with E-state index in [-0.39, 0.29) is 28.0 Å². The van der Waals surface area contributed by atoms with E-state index in [2.05, 4.69) is 10.3 Å². The quantitative estimate of drug-likeness (QED) is 0.451. The molecule has 8 nitrogen and oxygen atoms in total. The van der Waals surface area contributed by atoms with Gasteiger partial charge in [0, 0.05) is 23.7 Å². The normalized spacial score (nSPS) is 10.4. The lowest BCUT2D eigenvalue weighted by Gasteiger charge is -2.04. The van der Waals surface area contributed by atoms with Crippen LogP contribution in [0.3, 0.4) is 0 Å². The Bertz CT molecular complexity index is 966. The van der Waals surface area contributed by atoms with Crippen LogP contribution in [-0.4, -0.2) is 15.8 Å². The number of pyridine rings is 1. The summed E-state index contributed by atoms with van der Waals surface area (Å²) in [6.07, 6.45) is 1.49. The highest BCUT2D eigenvalue weighted by Gasteiger charge is 2.16. The summed E-state index contributed by atoms with van der Waals surface area (Å²) in [5.41, 5.74) is -1.10. The Morgan fingerprint density at radius 1 is 1.22 bits per heavy atom. The number of non-ortho nitro benzene ring substituents is 1. The minimum absolute atomic E-state index is 0.162. The summed E-state index contributed by atoms with van der Waals surface area (Å²) in [5.74, 6) is -0.429. The molecular weight excluding hydrogens is 302 g/mol. The second-order valence-electron chi connectivity index (χ2n) is 4.60. The third-order valence-corrected chi connectivity index (χ3v) is 3.08. The van der Waals surface area contributed by atoms with Crippen LogP contribution in [0.25, 0.3) is 11.0 Å². The van der Waals surface area contributed by atoms with E-state index in [9.17, 15) is 19.7 Å². The zero-order valence-corrected chi connectivity index (χ0v) is 11.6. The first-order valence-electron chi connectivity index (χ1n) is 6.49. The molecule has 114 valence electrons. The van der Waals surface area contributed by atoms with Crippen molar-refractivity contribution in [1.82, 2.24) is 4.98 Å². The minimum atomic E-state index is -0.834. The summed E-state index contributed by atoms with van der Waals surface area (Å²) < 4.78 is 5.03. The fourth-order valence-corrected chi connectivity index (χ4v) is 2.00. The van der Waals surface area contributed by atoms with Gasteiger partial charge in [-0.15, -0.1) is 0 Å². The minimum Gasteiger partial charge on any atom is -0.422 e. The molecule has 0 fully saturated rings. The molecule has 0 saturated heterocycles. The zero-order valence-electron chi connectivity index (χ0n) is 11.6. The highest BCUT2D eigenvalue weighted by molar-refractivity contribution is 6.05. The molecule has 0 radical (unpaired) electrons. The van der Waals surface area contributed by atoms with Gasteiger partial charge < -0.3 is 9.73 Å². The van der Waals surface area contributed by atoms with Gasteiger partial charge in [0.15, 0.2) is 0 Å². The molecule has 0 aliphatic carbocycles. The van der Waals surface area contributed by atoms with Crippen molar-refractivity contribution in [3.63, 3.8) is 0 Å². The van der Waals surface area contributed by atoms with Crippen LogP contribution in [0.1, 0.15) is 10.4 Å². The number of benzene rings is 1. The molecule has 0 saturated carbocycles. The number of carbonyl (C=O) groups is 1. The maximum absolute atomic E-state index is 12.2. The number of fused-ring (bicyclic) bond motifs is 1. The Morgan fingerprint density at radius 3 is 2.74 bits per heavy atom. The van der Waals surface area contributed by atoms with E-state index < -0.39 is 16.5 Å². The van der Waals surface area contributed by atoms with Crippen LogP contribution in [-0.2, 0) is 0 Å². The van der Waals surface area contributed by atoms with Gasteiger partial charge in [-0.05, 0) is 24.3 Å². The van der Waals surface area contributed by atoms with Gasteiger partial charge in [-0.25, -0.2) is 9.78 Å². The molecule has 2 aromatic heterocycles. The van der Waals surface area contributed by atoms with E-state index in [1.54, 1.807) is 18.2 Å². The van der Waals surface area contributed by atoms with Crippen LogP contribution in [0.5, 0.6) is 0 Å². The monoisotopic (exact) mass is 311 g/mol. The van der Waals surface area contributed by atoms with Crippen molar-refractivity contribution in [3.8, 4) is 0 Å². The van der Waals surface area contributed by atoms with E-state index in [4.69, 9.17) is 4.42 Å². The average Bonchev–Trinajstić information content (AvgIpc) is 2.54. The summed E-state index contributed by atoms with van der Waals surface area (Å²) in [7, 11) is 0. The number of anilines is 1. The lowest BCUT2D eigenvalue weighted by atomic mass is 10.1. The van der Waals surface area contributed by atoms with Crippen molar-refractivity contribution in [2.24, 2.45) is 0 Å². The Labute approximate surface area is 128 Å². The van der Waals surface area contributed by atoms with Gasteiger partial charge in [0.1, 0.15) is 17.0 Å².